The molecule has 3 fully saturated rings. The number of anilines is 1. The van der Waals surface area contributed by atoms with E-state index in [1.54, 1.807) is 0 Å². The van der Waals surface area contributed by atoms with Gasteiger partial charge in [-0.1, -0.05) is 23.3 Å². The summed E-state index contributed by atoms with van der Waals surface area (Å²) in [5, 5.41) is 15.6. The van der Waals surface area contributed by atoms with E-state index in [2.05, 4.69) is 30.6 Å². The average molecular weight is 396 g/mol. The Morgan fingerprint density at radius 2 is 1.79 bits per heavy atom. The van der Waals surface area contributed by atoms with Crippen molar-refractivity contribution in [1.82, 2.24) is 30.4 Å². The number of nitrogens with zero attached hydrogens (tertiary/aromatic N) is 6. The van der Waals surface area contributed by atoms with Crippen LogP contribution in [-0.4, -0.2) is 69.3 Å². The summed E-state index contributed by atoms with van der Waals surface area (Å²) in [4.78, 5) is 17.3. The summed E-state index contributed by atoms with van der Waals surface area (Å²) in [7, 11) is 0. The molecular formula is C21H29N7O. The number of para-hydroxylation sites is 1. The standard InChI is InChI=1S/C21H29N7O/c29-20(22-17-8-9-17)16-5-4-12-27(15-16)18-10-13-26(14-11-18)21-23-24-25-28(21)19-6-2-1-3-7-19/h1-3,6-7,16-18H,4-5,8-15H2,(H,22,29)/t16-/m1/s1. The van der Waals surface area contributed by atoms with Crippen LogP contribution >= 0.6 is 0 Å². The lowest BCUT2D eigenvalue weighted by Crippen LogP contribution is -2.51. The van der Waals surface area contributed by atoms with Crippen LogP contribution in [-0.2, 0) is 4.79 Å². The smallest absolute Gasteiger partial charge is 0.250 e. The van der Waals surface area contributed by atoms with Crippen LogP contribution in [0.4, 0.5) is 5.95 Å². The molecule has 8 heteroatoms. The number of amides is 1. The van der Waals surface area contributed by atoms with E-state index in [-0.39, 0.29) is 11.8 Å². The molecule has 0 radical (unpaired) electrons. The first-order valence-electron chi connectivity index (χ1n) is 10.9. The molecule has 1 atom stereocenters. The van der Waals surface area contributed by atoms with Gasteiger partial charge in [0.15, 0.2) is 0 Å². The third-order valence-corrected chi connectivity index (χ3v) is 6.46. The number of carbonyl (C=O) groups excluding carboxylic acids is 1. The maximum atomic E-state index is 12.5. The van der Waals surface area contributed by atoms with Gasteiger partial charge in [0.25, 0.3) is 0 Å². The van der Waals surface area contributed by atoms with Gasteiger partial charge in [-0.15, -0.1) is 0 Å². The van der Waals surface area contributed by atoms with E-state index in [1.807, 2.05) is 35.0 Å². The minimum Gasteiger partial charge on any atom is -0.353 e. The molecule has 0 unspecified atom stereocenters. The first-order chi connectivity index (χ1) is 14.3. The highest BCUT2D eigenvalue weighted by molar-refractivity contribution is 5.79. The van der Waals surface area contributed by atoms with Crippen LogP contribution in [0.3, 0.4) is 0 Å². The molecule has 1 aromatic heterocycles. The molecule has 1 aliphatic carbocycles. The molecule has 154 valence electrons. The summed E-state index contributed by atoms with van der Waals surface area (Å²) < 4.78 is 1.82. The SMILES string of the molecule is O=C(NC1CC1)[C@@H]1CCCN(C2CCN(c3nnnn3-c3ccccc3)CC2)C1. The summed E-state index contributed by atoms with van der Waals surface area (Å²) in [6.07, 6.45) is 6.62. The fourth-order valence-corrected chi connectivity index (χ4v) is 4.65. The predicted molar refractivity (Wildman–Crippen MR) is 110 cm³/mol. The van der Waals surface area contributed by atoms with Crippen LogP contribution in [0.5, 0.6) is 0 Å². The zero-order valence-electron chi connectivity index (χ0n) is 16.8. The fraction of sp³-hybridized carbons (Fsp3) is 0.619. The number of hydrogen-bond donors (Lipinski definition) is 1. The molecule has 1 aromatic carbocycles. The summed E-state index contributed by atoms with van der Waals surface area (Å²) in [6.45, 7) is 3.89. The summed E-state index contributed by atoms with van der Waals surface area (Å²) in [5.41, 5.74) is 0.982. The van der Waals surface area contributed by atoms with E-state index < -0.39 is 0 Å². The quantitative estimate of drug-likeness (QED) is 0.829. The minimum atomic E-state index is 0.160. The number of piperidine rings is 2. The van der Waals surface area contributed by atoms with Gasteiger partial charge in [0, 0.05) is 31.7 Å². The van der Waals surface area contributed by atoms with Crippen LogP contribution in [0.2, 0.25) is 0 Å². The van der Waals surface area contributed by atoms with E-state index in [9.17, 15) is 4.79 Å². The number of likely N-dealkylation sites (tertiary alicyclic amines) is 1. The highest BCUT2D eigenvalue weighted by Crippen LogP contribution is 2.27. The van der Waals surface area contributed by atoms with E-state index in [4.69, 9.17) is 0 Å². The van der Waals surface area contributed by atoms with Gasteiger partial charge in [-0.05, 0) is 67.6 Å². The molecule has 2 saturated heterocycles. The van der Waals surface area contributed by atoms with Crippen molar-refractivity contribution in [3.63, 3.8) is 0 Å². The van der Waals surface area contributed by atoms with Crippen LogP contribution in [0, 0.1) is 5.92 Å². The third kappa shape index (κ3) is 4.12. The number of hydrogen-bond acceptors (Lipinski definition) is 6. The number of carbonyl (C=O) groups is 1. The van der Waals surface area contributed by atoms with Crippen LogP contribution in [0.25, 0.3) is 5.69 Å². The molecule has 2 aliphatic heterocycles. The van der Waals surface area contributed by atoms with E-state index in [0.29, 0.717) is 12.1 Å². The van der Waals surface area contributed by atoms with Crippen molar-refractivity contribution < 1.29 is 4.79 Å². The third-order valence-electron chi connectivity index (χ3n) is 6.46. The zero-order chi connectivity index (χ0) is 19.6. The molecule has 5 rings (SSSR count). The molecule has 1 saturated carbocycles. The number of nitrogens with one attached hydrogen (secondary N) is 1. The highest BCUT2D eigenvalue weighted by atomic mass is 16.2. The van der Waals surface area contributed by atoms with Gasteiger partial charge in [0.1, 0.15) is 0 Å². The Morgan fingerprint density at radius 3 is 2.55 bits per heavy atom. The van der Waals surface area contributed by atoms with Gasteiger partial charge in [-0.3, -0.25) is 9.69 Å². The summed E-state index contributed by atoms with van der Waals surface area (Å²) >= 11 is 0. The maximum Gasteiger partial charge on any atom is 0.250 e. The molecule has 1 N–H and O–H groups in total. The lowest BCUT2D eigenvalue weighted by molar-refractivity contribution is -0.127. The molecule has 1 amide bonds. The number of benzene rings is 1. The van der Waals surface area contributed by atoms with Crippen molar-refractivity contribution >= 4 is 11.9 Å². The molecule has 0 bridgehead atoms. The molecule has 3 heterocycles. The Bertz CT molecular complexity index is 827. The van der Waals surface area contributed by atoms with Crippen molar-refractivity contribution in [3.05, 3.63) is 30.3 Å². The second-order valence-electron chi connectivity index (χ2n) is 8.56. The van der Waals surface area contributed by atoms with Crippen molar-refractivity contribution in [1.29, 1.82) is 0 Å². The largest absolute Gasteiger partial charge is 0.353 e. The van der Waals surface area contributed by atoms with Crippen LogP contribution in [0.15, 0.2) is 30.3 Å². The van der Waals surface area contributed by atoms with E-state index in [0.717, 1.165) is 76.3 Å². The highest BCUT2D eigenvalue weighted by Gasteiger charge is 2.34. The number of tetrazole rings is 1. The van der Waals surface area contributed by atoms with Crippen LogP contribution in [0.1, 0.15) is 38.5 Å². The van der Waals surface area contributed by atoms with Gasteiger partial charge in [0.2, 0.25) is 11.9 Å². The Kier molecular flexibility index (Phi) is 5.18. The first kappa shape index (κ1) is 18.5. The van der Waals surface area contributed by atoms with Crippen molar-refractivity contribution in [3.8, 4) is 5.69 Å². The average Bonchev–Trinajstić information content (AvgIpc) is 3.46. The lowest BCUT2D eigenvalue weighted by atomic mass is 9.93. The van der Waals surface area contributed by atoms with Gasteiger partial charge < -0.3 is 10.2 Å². The molecule has 29 heavy (non-hydrogen) atoms. The Hall–Kier alpha value is -2.48. The van der Waals surface area contributed by atoms with Gasteiger partial charge in [0.05, 0.1) is 11.6 Å². The zero-order valence-corrected chi connectivity index (χ0v) is 16.8. The Balaban J connectivity index is 1.19. The van der Waals surface area contributed by atoms with Crippen LogP contribution < -0.4 is 10.2 Å². The Morgan fingerprint density at radius 1 is 1.00 bits per heavy atom. The van der Waals surface area contributed by atoms with Crippen molar-refractivity contribution in [2.75, 3.05) is 31.1 Å². The lowest BCUT2D eigenvalue weighted by Gasteiger charge is -2.42. The summed E-state index contributed by atoms with van der Waals surface area (Å²) in [6, 6.07) is 11.0. The number of aromatic nitrogens is 4. The van der Waals surface area contributed by atoms with E-state index in [1.165, 1.54) is 0 Å². The molecule has 2 aromatic rings. The molecule has 8 nitrogen and oxygen atoms in total. The normalized spacial score (nSPS) is 23.9. The topological polar surface area (TPSA) is 79.2 Å². The number of rotatable bonds is 5. The second-order valence-corrected chi connectivity index (χ2v) is 8.56. The van der Waals surface area contributed by atoms with Gasteiger partial charge in [-0.25, -0.2) is 0 Å². The Labute approximate surface area is 171 Å². The van der Waals surface area contributed by atoms with Gasteiger partial charge >= 0.3 is 0 Å². The summed E-state index contributed by atoms with van der Waals surface area (Å²) in [5.74, 6) is 1.25. The fourth-order valence-electron chi connectivity index (χ4n) is 4.65. The molecular weight excluding hydrogens is 366 g/mol. The second kappa shape index (κ2) is 8.10. The molecule has 3 aliphatic rings. The maximum absolute atomic E-state index is 12.5. The van der Waals surface area contributed by atoms with Crippen molar-refractivity contribution in [2.24, 2.45) is 5.92 Å². The van der Waals surface area contributed by atoms with Gasteiger partial charge in [-0.2, -0.15) is 4.68 Å². The minimum absolute atomic E-state index is 0.160. The molecule has 0 spiro atoms. The first-order valence-corrected chi connectivity index (χ1v) is 10.9. The van der Waals surface area contributed by atoms with E-state index >= 15 is 0 Å². The van der Waals surface area contributed by atoms with Crippen molar-refractivity contribution in [2.45, 2.75) is 50.6 Å². The monoisotopic (exact) mass is 395 g/mol. The predicted octanol–water partition coefficient (Wildman–Crippen LogP) is 1.62.